The van der Waals surface area contributed by atoms with E-state index in [-0.39, 0.29) is 6.04 Å². The Balaban J connectivity index is 2.29. The second kappa shape index (κ2) is 6.03. The van der Waals surface area contributed by atoms with E-state index in [1.54, 1.807) is 28.6 Å². The van der Waals surface area contributed by atoms with E-state index in [4.69, 9.17) is 5.73 Å². The van der Waals surface area contributed by atoms with Crippen LogP contribution in [0.5, 0.6) is 0 Å². The second-order valence-electron chi connectivity index (χ2n) is 5.16. The summed E-state index contributed by atoms with van der Waals surface area (Å²) < 4.78 is 26.9. The number of sulfonamides is 1. The molecule has 0 saturated carbocycles. The van der Waals surface area contributed by atoms with Gasteiger partial charge in [0.2, 0.25) is 10.0 Å². The van der Waals surface area contributed by atoms with Crippen LogP contribution in [0.25, 0.3) is 0 Å². The van der Waals surface area contributed by atoms with Crippen molar-refractivity contribution in [3.8, 4) is 0 Å². The molecule has 0 radical (unpaired) electrons. The van der Waals surface area contributed by atoms with Crippen molar-refractivity contribution in [2.45, 2.75) is 50.1 Å². The lowest BCUT2D eigenvalue weighted by molar-refractivity contribution is 0.342. The van der Waals surface area contributed by atoms with Crippen LogP contribution >= 0.6 is 0 Å². The third-order valence-corrected chi connectivity index (χ3v) is 5.79. The molecule has 2 N–H and O–H groups in total. The van der Waals surface area contributed by atoms with Crippen molar-refractivity contribution >= 4 is 10.0 Å². The Kier molecular flexibility index (Phi) is 4.60. The van der Waals surface area contributed by atoms with Gasteiger partial charge in [0.15, 0.2) is 0 Å². The van der Waals surface area contributed by atoms with Crippen LogP contribution in [0, 0.1) is 0 Å². The summed E-state index contributed by atoms with van der Waals surface area (Å²) in [7, 11) is -3.37. The molecule has 2 rings (SSSR count). The molecule has 1 heterocycles. The fraction of sp³-hybridized carbons (Fsp3) is 0.571. The molecule has 1 unspecified atom stereocenters. The molecular formula is C14H22N2O2S. The molecule has 1 atom stereocenters. The van der Waals surface area contributed by atoms with Crippen LogP contribution in [0.4, 0.5) is 0 Å². The monoisotopic (exact) mass is 282 g/mol. The Labute approximate surface area is 115 Å². The van der Waals surface area contributed by atoms with Crippen molar-refractivity contribution < 1.29 is 8.42 Å². The number of nitrogens with zero attached hydrogens (tertiary/aromatic N) is 1. The topological polar surface area (TPSA) is 63.4 Å². The van der Waals surface area contributed by atoms with E-state index in [2.05, 4.69) is 0 Å². The highest BCUT2D eigenvalue weighted by Gasteiger charge is 2.29. The SMILES string of the molecule is CC1CCCCCN1S(=O)(=O)c1ccc(CN)cc1. The summed E-state index contributed by atoms with van der Waals surface area (Å²) in [6.07, 6.45) is 4.12. The van der Waals surface area contributed by atoms with E-state index in [1.807, 2.05) is 6.92 Å². The zero-order chi connectivity index (χ0) is 13.9. The first kappa shape index (κ1) is 14.5. The first-order valence-electron chi connectivity index (χ1n) is 6.86. The summed E-state index contributed by atoms with van der Waals surface area (Å²) in [5.74, 6) is 0. The molecule has 0 bridgehead atoms. The van der Waals surface area contributed by atoms with Crippen LogP contribution in [-0.4, -0.2) is 25.3 Å². The van der Waals surface area contributed by atoms with Gasteiger partial charge in [0, 0.05) is 19.1 Å². The molecule has 1 saturated heterocycles. The van der Waals surface area contributed by atoms with Gasteiger partial charge < -0.3 is 5.73 Å². The molecule has 1 aromatic carbocycles. The zero-order valence-electron chi connectivity index (χ0n) is 11.4. The number of benzene rings is 1. The Bertz CT molecular complexity index is 511. The van der Waals surface area contributed by atoms with E-state index < -0.39 is 10.0 Å². The molecule has 0 amide bonds. The molecule has 0 spiro atoms. The summed E-state index contributed by atoms with van der Waals surface area (Å²) in [5.41, 5.74) is 6.48. The van der Waals surface area contributed by atoms with E-state index >= 15 is 0 Å². The maximum atomic E-state index is 12.6. The summed E-state index contributed by atoms with van der Waals surface area (Å²) in [6.45, 7) is 3.06. The first-order valence-corrected chi connectivity index (χ1v) is 8.30. The predicted molar refractivity (Wildman–Crippen MR) is 76.2 cm³/mol. The molecule has 19 heavy (non-hydrogen) atoms. The standard InChI is InChI=1S/C14H22N2O2S/c1-12-5-3-2-4-10-16(12)19(17,18)14-8-6-13(11-15)7-9-14/h6-9,12H,2-5,10-11,15H2,1H3. The van der Waals surface area contributed by atoms with Gasteiger partial charge in [-0.1, -0.05) is 25.0 Å². The summed E-state index contributed by atoms with van der Waals surface area (Å²) in [4.78, 5) is 0.374. The molecular weight excluding hydrogens is 260 g/mol. The second-order valence-corrected chi connectivity index (χ2v) is 7.05. The van der Waals surface area contributed by atoms with E-state index in [0.717, 1.165) is 31.2 Å². The van der Waals surface area contributed by atoms with E-state index in [1.165, 1.54) is 0 Å². The van der Waals surface area contributed by atoms with Gasteiger partial charge in [-0.05, 0) is 37.5 Å². The number of rotatable bonds is 3. The summed E-state index contributed by atoms with van der Waals surface area (Å²) >= 11 is 0. The fourth-order valence-corrected chi connectivity index (χ4v) is 4.24. The minimum Gasteiger partial charge on any atom is -0.326 e. The van der Waals surface area contributed by atoms with Crippen molar-refractivity contribution in [2.75, 3.05) is 6.54 Å². The predicted octanol–water partition coefficient (Wildman–Crippen LogP) is 2.10. The average molecular weight is 282 g/mol. The number of nitrogens with two attached hydrogens (primary N) is 1. The van der Waals surface area contributed by atoms with Crippen LogP contribution in [0.2, 0.25) is 0 Å². The van der Waals surface area contributed by atoms with Gasteiger partial charge in [-0.2, -0.15) is 4.31 Å². The quantitative estimate of drug-likeness (QED) is 0.923. The Morgan fingerprint density at radius 3 is 2.53 bits per heavy atom. The summed E-state index contributed by atoms with van der Waals surface area (Å²) in [5, 5.41) is 0. The minimum absolute atomic E-state index is 0.0849. The molecule has 1 aliphatic heterocycles. The molecule has 4 nitrogen and oxygen atoms in total. The average Bonchev–Trinajstić information content (AvgIpc) is 2.64. The highest BCUT2D eigenvalue weighted by Crippen LogP contribution is 2.24. The molecule has 0 aliphatic carbocycles. The van der Waals surface area contributed by atoms with Crippen molar-refractivity contribution in [1.29, 1.82) is 0 Å². The van der Waals surface area contributed by atoms with Gasteiger partial charge in [0.05, 0.1) is 4.90 Å². The minimum atomic E-state index is -3.37. The molecule has 106 valence electrons. The number of hydrogen-bond donors (Lipinski definition) is 1. The van der Waals surface area contributed by atoms with Gasteiger partial charge in [0.25, 0.3) is 0 Å². The van der Waals surface area contributed by atoms with Crippen LogP contribution in [0.3, 0.4) is 0 Å². The third kappa shape index (κ3) is 3.16. The molecule has 0 aromatic heterocycles. The van der Waals surface area contributed by atoms with Crippen LogP contribution < -0.4 is 5.73 Å². The highest BCUT2D eigenvalue weighted by atomic mass is 32.2. The largest absolute Gasteiger partial charge is 0.326 e. The molecule has 5 heteroatoms. The van der Waals surface area contributed by atoms with E-state index in [9.17, 15) is 8.42 Å². The highest BCUT2D eigenvalue weighted by molar-refractivity contribution is 7.89. The van der Waals surface area contributed by atoms with Gasteiger partial charge in [-0.3, -0.25) is 0 Å². The van der Waals surface area contributed by atoms with E-state index in [0.29, 0.717) is 18.0 Å². The Morgan fingerprint density at radius 2 is 1.89 bits per heavy atom. The third-order valence-electron chi connectivity index (χ3n) is 3.76. The maximum absolute atomic E-state index is 12.6. The zero-order valence-corrected chi connectivity index (χ0v) is 12.2. The fourth-order valence-electron chi connectivity index (χ4n) is 2.54. The van der Waals surface area contributed by atoms with Crippen molar-refractivity contribution in [3.63, 3.8) is 0 Å². The van der Waals surface area contributed by atoms with Crippen LogP contribution in [0.1, 0.15) is 38.2 Å². The van der Waals surface area contributed by atoms with Crippen LogP contribution in [0.15, 0.2) is 29.2 Å². The van der Waals surface area contributed by atoms with Gasteiger partial charge in [-0.15, -0.1) is 0 Å². The smallest absolute Gasteiger partial charge is 0.243 e. The molecule has 1 fully saturated rings. The van der Waals surface area contributed by atoms with Gasteiger partial charge in [0.1, 0.15) is 0 Å². The Hall–Kier alpha value is -0.910. The molecule has 1 aliphatic rings. The van der Waals surface area contributed by atoms with Gasteiger partial charge in [-0.25, -0.2) is 8.42 Å². The summed E-state index contributed by atoms with van der Waals surface area (Å²) in [6, 6.07) is 6.98. The lowest BCUT2D eigenvalue weighted by Gasteiger charge is -2.26. The normalized spacial score (nSPS) is 22.1. The van der Waals surface area contributed by atoms with Crippen molar-refractivity contribution in [1.82, 2.24) is 4.31 Å². The lowest BCUT2D eigenvalue weighted by atomic mass is 10.1. The number of hydrogen-bond acceptors (Lipinski definition) is 3. The maximum Gasteiger partial charge on any atom is 0.243 e. The van der Waals surface area contributed by atoms with Crippen molar-refractivity contribution in [3.05, 3.63) is 29.8 Å². The van der Waals surface area contributed by atoms with Crippen LogP contribution in [-0.2, 0) is 16.6 Å². The Morgan fingerprint density at radius 1 is 1.21 bits per heavy atom. The molecule has 1 aromatic rings. The first-order chi connectivity index (χ1) is 9.05. The lowest BCUT2D eigenvalue weighted by Crippen LogP contribution is -2.38. The van der Waals surface area contributed by atoms with Gasteiger partial charge >= 0.3 is 0 Å². The van der Waals surface area contributed by atoms with Crippen molar-refractivity contribution in [2.24, 2.45) is 5.73 Å².